The molecule has 5 nitrogen and oxygen atoms in total. The minimum absolute atomic E-state index is 0.136. The van der Waals surface area contributed by atoms with Crippen molar-refractivity contribution in [3.05, 3.63) is 54.7 Å². The molecular weight excluding hydrogens is 348 g/mol. The third-order valence-electron chi connectivity index (χ3n) is 4.75. The molecule has 0 amide bonds. The third-order valence-corrected chi connectivity index (χ3v) is 4.75. The van der Waals surface area contributed by atoms with Crippen LogP contribution in [0.3, 0.4) is 0 Å². The molecule has 1 aliphatic rings. The van der Waals surface area contributed by atoms with Crippen LogP contribution in [0.25, 0.3) is 10.9 Å². The van der Waals surface area contributed by atoms with Gasteiger partial charge in [-0.2, -0.15) is 0 Å². The smallest absolute Gasteiger partial charge is 0.251 e. The van der Waals surface area contributed by atoms with Gasteiger partial charge in [0.25, 0.3) is 6.43 Å². The van der Waals surface area contributed by atoms with Crippen LogP contribution >= 0.6 is 0 Å². The van der Waals surface area contributed by atoms with Crippen molar-refractivity contribution in [1.82, 2.24) is 14.9 Å². The molecule has 1 saturated heterocycles. The first kappa shape index (κ1) is 17.6. The standard InChI is InChI=1S/C20H21F2N5/c21-19(22)14-26-9-11-27(12-10-26)17-7-5-16(6-8-17)24-20-23-13-15-3-1-2-4-18(15)25-20/h1-8,13,19H,9-12,14H2,(H,23,24,25). The van der Waals surface area contributed by atoms with Crippen molar-refractivity contribution in [1.29, 1.82) is 0 Å². The van der Waals surface area contributed by atoms with Crippen LogP contribution in [-0.2, 0) is 0 Å². The fourth-order valence-electron chi connectivity index (χ4n) is 3.30. The Balaban J connectivity index is 1.38. The minimum atomic E-state index is -2.26. The summed E-state index contributed by atoms with van der Waals surface area (Å²) in [5, 5.41) is 4.23. The van der Waals surface area contributed by atoms with Crippen LogP contribution in [0.15, 0.2) is 54.7 Å². The van der Waals surface area contributed by atoms with E-state index in [0.717, 1.165) is 35.4 Å². The van der Waals surface area contributed by atoms with E-state index in [2.05, 4.69) is 20.2 Å². The predicted molar refractivity (Wildman–Crippen MR) is 104 cm³/mol. The zero-order valence-corrected chi connectivity index (χ0v) is 14.9. The van der Waals surface area contributed by atoms with Gasteiger partial charge in [0.2, 0.25) is 5.95 Å². The van der Waals surface area contributed by atoms with Crippen molar-refractivity contribution in [3.8, 4) is 0 Å². The van der Waals surface area contributed by atoms with E-state index in [-0.39, 0.29) is 6.54 Å². The Morgan fingerprint density at radius 1 is 0.963 bits per heavy atom. The topological polar surface area (TPSA) is 44.3 Å². The van der Waals surface area contributed by atoms with Crippen molar-refractivity contribution in [2.24, 2.45) is 0 Å². The summed E-state index contributed by atoms with van der Waals surface area (Å²) in [6.45, 7) is 2.70. The minimum Gasteiger partial charge on any atom is -0.369 e. The van der Waals surface area contributed by atoms with E-state index >= 15 is 0 Å². The Morgan fingerprint density at radius 3 is 2.44 bits per heavy atom. The van der Waals surface area contributed by atoms with E-state index in [1.54, 1.807) is 6.20 Å². The van der Waals surface area contributed by atoms with E-state index in [4.69, 9.17) is 0 Å². The summed E-state index contributed by atoms with van der Waals surface area (Å²) < 4.78 is 25.0. The summed E-state index contributed by atoms with van der Waals surface area (Å²) in [4.78, 5) is 12.9. The van der Waals surface area contributed by atoms with Gasteiger partial charge in [-0.25, -0.2) is 18.7 Å². The van der Waals surface area contributed by atoms with Gasteiger partial charge in [0.1, 0.15) is 0 Å². The van der Waals surface area contributed by atoms with E-state index < -0.39 is 6.43 Å². The number of benzene rings is 2. The van der Waals surface area contributed by atoms with Crippen LogP contribution in [-0.4, -0.2) is 54.0 Å². The van der Waals surface area contributed by atoms with Gasteiger partial charge in [-0.3, -0.25) is 4.90 Å². The molecular formula is C20H21F2N5. The molecule has 1 fully saturated rings. The molecule has 2 heterocycles. The van der Waals surface area contributed by atoms with Crippen LogP contribution < -0.4 is 10.2 Å². The summed E-state index contributed by atoms with van der Waals surface area (Å²) in [7, 11) is 0. The Labute approximate surface area is 156 Å². The van der Waals surface area contributed by atoms with Crippen molar-refractivity contribution < 1.29 is 8.78 Å². The normalized spacial score (nSPS) is 15.4. The van der Waals surface area contributed by atoms with E-state index in [1.807, 2.05) is 53.4 Å². The number of alkyl halides is 2. The summed E-state index contributed by atoms with van der Waals surface area (Å²) in [6.07, 6.45) is -0.461. The number of para-hydroxylation sites is 1. The van der Waals surface area contributed by atoms with Gasteiger partial charge in [-0.15, -0.1) is 0 Å². The van der Waals surface area contributed by atoms with Gasteiger partial charge >= 0.3 is 0 Å². The fourth-order valence-corrected chi connectivity index (χ4v) is 3.30. The maximum Gasteiger partial charge on any atom is 0.251 e. The molecule has 0 spiro atoms. The first-order chi connectivity index (χ1) is 13.2. The summed E-state index contributed by atoms with van der Waals surface area (Å²) in [5.74, 6) is 0.557. The summed E-state index contributed by atoms with van der Waals surface area (Å²) >= 11 is 0. The second kappa shape index (κ2) is 7.84. The predicted octanol–water partition coefficient (Wildman–Crippen LogP) is 3.76. The second-order valence-corrected chi connectivity index (χ2v) is 6.60. The Morgan fingerprint density at radius 2 is 1.70 bits per heavy atom. The number of rotatable bonds is 5. The van der Waals surface area contributed by atoms with Crippen LogP contribution in [0.4, 0.5) is 26.1 Å². The van der Waals surface area contributed by atoms with Gasteiger partial charge in [-0.1, -0.05) is 18.2 Å². The molecule has 1 aliphatic heterocycles. The number of hydrogen-bond acceptors (Lipinski definition) is 5. The Hall–Kier alpha value is -2.80. The van der Waals surface area contributed by atoms with Gasteiger partial charge in [0.05, 0.1) is 12.1 Å². The van der Waals surface area contributed by atoms with E-state index in [0.29, 0.717) is 19.0 Å². The molecule has 0 unspecified atom stereocenters. The molecule has 2 aromatic carbocycles. The number of nitrogens with zero attached hydrogens (tertiary/aromatic N) is 4. The highest BCUT2D eigenvalue weighted by Crippen LogP contribution is 2.22. The lowest BCUT2D eigenvalue weighted by Gasteiger charge is -2.35. The monoisotopic (exact) mass is 369 g/mol. The number of anilines is 3. The first-order valence-electron chi connectivity index (χ1n) is 9.02. The Kier molecular flexibility index (Phi) is 5.11. The molecule has 7 heteroatoms. The summed E-state index contributed by atoms with van der Waals surface area (Å²) in [5.41, 5.74) is 2.90. The van der Waals surface area contributed by atoms with Gasteiger partial charge in [0.15, 0.2) is 0 Å². The van der Waals surface area contributed by atoms with Crippen LogP contribution in [0.2, 0.25) is 0 Å². The van der Waals surface area contributed by atoms with Crippen molar-refractivity contribution in [2.45, 2.75) is 6.43 Å². The molecule has 0 saturated carbocycles. The van der Waals surface area contributed by atoms with Crippen molar-refractivity contribution in [3.63, 3.8) is 0 Å². The quantitative estimate of drug-likeness (QED) is 0.742. The highest BCUT2D eigenvalue weighted by atomic mass is 19.3. The Bertz CT molecular complexity index is 892. The van der Waals surface area contributed by atoms with Crippen LogP contribution in [0.1, 0.15) is 0 Å². The average molecular weight is 369 g/mol. The average Bonchev–Trinajstić information content (AvgIpc) is 2.69. The van der Waals surface area contributed by atoms with Crippen molar-refractivity contribution in [2.75, 3.05) is 42.9 Å². The molecule has 27 heavy (non-hydrogen) atoms. The van der Waals surface area contributed by atoms with Gasteiger partial charge in [-0.05, 0) is 30.3 Å². The lowest BCUT2D eigenvalue weighted by Crippen LogP contribution is -2.47. The number of nitrogens with one attached hydrogen (secondary N) is 1. The molecule has 0 radical (unpaired) electrons. The molecule has 4 rings (SSSR count). The number of hydrogen-bond donors (Lipinski definition) is 1. The number of piperazine rings is 1. The SMILES string of the molecule is FC(F)CN1CCN(c2ccc(Nc3ncc4ccccc4n3)cc2)CC1. The maximum atomic E-state index is 12.5. The van der Waals surface area contributed by atoms with Crippen LogP contribution in [0.5, 0.6) is 0 Å². The zero-order chi connectivity index (χ0) is 18.6. The first-order valence-corrected chi connectivity index (χ1v) is 9.02. The second-order valence-electron chi connectivity index (χ2n) is 6.60. The van der Waals surface area contributed by atoms with Crippen molar-refractivity contribution >= 4 is 28.2 Å². The number of halogens is 2. The maximum absolute atomic E-state index is 12.5. The zero-order valence-electron chi connectivity index (χ0n) is 14.9. The van der Waals surface area contributed by atoms with Crippen LogP contribution in [0, 0.1) is 0 Å². The van der Waals surface area contributed by atoms with Gasteiger partial charge in [0, 0.05) is 49.1 Å². The lowest BCUT2D eigenvalue weighted by molar-refractivity contribution is 0.0854. The summed E-state index contributed by atoms with van der Waals surface area (Å²) in [6, 6.07) is 15.9. The van der Waals surface area contributed by atoms with E-state index in [1.165, 1.54) is 0 Å². The number of fused-ring (bicyclic) bond motifs is 1. The molecule has 0 aliphatic carbocycles. The largest absolute Gasteiger partial charge is 0.369 e. The highest BCUT2D eigenvalue weighted by Gasteiger charge is 2.19. The molecule has 3 aromatic rings. The van der Waals surface area contributed by atoms with Gasteiger partial charge < -0.3 is 10.2 Å². The fraction of sp³-hybridized carbons (Fsp3) is 0.300. The molecule has 140 valence electrons. The third kappa shape index (κ3) is 4.31. The number of aromatic nitrogens is 2. The lowest BCUT2D eigenvalue weighted by atomic mass is 10.2. The highest BCUT2D eigenvalue weighted by molar-refractivity contribution is 5.78. The molecule has 1 aromatic heterocycles. The molecule has 0 atom stereocenters. The molecule has 1 N–H and O–H groups in total. The molecule has 0 bridgehead atoms. The van der Waals surface area contributed by atoms with E-state index in [9.17, 15) is 8.78 Å².